The van der Waals surface area contributed by atoms with Crippen molar-refractivity contribution in [2.45, 2.75) is 39.7 Å². The second-order valence-electron chi connectivity index (χ2n) is 5.45. The zero-order valence-electron chi connectivity index (χ0n) is 12.8. The Balaban J connectivity index is 1.95. The van der Waals surface area contributed by atoms with Gasteiger partial charge in [-0.3, -0.25) is 4.90 Å². The van der Waals surface area contributed by atoms with Crippen LogP contribution in [0.1, 0.15) is 31.2 Å². The molecule has 2 heterocycles. The molecule has 112 valence electrons. The monoisotopic (exact) mass is 278 g/mol. The van der Waals surface area contributed by atoms with Crippen LogP contribution in [0.2, 0.25) is 0 Å². The third-order valence-electron chi connectivity index (χ3n) is 4.17. The van der Waals surface area contributed by atoms with Crippen molar-refractivity contribution in [1.29, 1.82) is 0 Å². The second kappa shape index (κ2) is 6.95. The Kier molecular flexibility index (Phi) is 5.25. The van der Waals surface area contributed by atoms with E-state index in [9.17, 15) is 0 Å². The maximum atomic E-state index is 5.70. The highest BCUT2D eigenvalue weighted by molar-refractivity contribution is 5.30. The van der Waals surface area contributed by atoms with Gasteiger partial charge in [-0.1, -0.05) is 6.92 Å². The van der Waals surface area contributed by atoms with Crippen LogP contribution in [-0.2, 0) is 0 Å². The average molecular weight is 278 g/mol. The molecule has 1 aliphatic rings. The minimum Gasteiger partial charge on any atom is -0.337 e. The van der Waals surface area contributed by atoms with Crippen LogP contribution in [0.4, 0.5) is 5.95 Å². The predicted molar refractivity (Wildman–Crippen MR) is 80.8 cm³/mol. The van der Waals surface area contributed by atoms with Crippen LogP contribution < -0.4 is 10.6 Å². The van der Waals surface area contributed by atoms with E-state index in [2.05, 4.69) is 31.9 Å². The number of hydrogen-bond acceptors (Lipinski definition) is 6. The molecule has 1 aliphatic heterocycles. The van der Waals surface area contributed by atoms with Gasteiger partial charge in [0.25, 0.3) is 0 Å². The van der Waals surface area contributed by atoms with Gasteiger partial charge >= 0.3 is 0 Å². The first-order valence-electron chi connectivity index (χ1n) is 7.52. The van der Waals surface area contributed by atoms with Crippen molar-refractivity contribution in [3.8, 4) is 0 Å². The number of nitrogens with two attached hydrogens (primary N) is 1. The van der Waals surface area contributed by atoms with E-state index in [4.69, 9.17) is 5.73 Å². The van der Waals surface area contributed by atoms with Crippen molar-refractivity contribution in [2.24, 2.45) is 5.73 Å². The first kappa shape index (κ1) is 15.1. The lowest BCUT2D eigenvalue weighted by Gasteiger charge is -2.39. The van der Waals surface area contributed by atoms with Crippen LogP contribution in [0.5, 0.6) is 0 Å². The Morgan fingerprint density at radius 1 is 1.10 bits per heavy atom. The molecule has 1 unspecified atom stereocenters. The summed E-state index contributed by atoms with van der Waals surface area (Å²) in [6.07, 6.45) is 2.25. The molecule has 2 rings (SSSR count). The van der Waals surface area contributed by atoms with Gasteiger partial charge in [-0.2, -0.15) is 5.10 Å². The number of aryl methyl sites for hydroxylation is 2. The van der Waals surface area contributed by atoms with Crippen LogP contribution >= 0.6 is 0 Å². The molecular weight excluding hydrogens is 252 g/mol. The summed E-state index contributed by atoms with van der Waals surface area (Å²) >= 11 is 0. The largest absolute Gasteiger partial charge is 0.337 e. The molecule has 1 aromatic rings. The quantitative estimate of drug-likeness (QED) is 0.856. The van der Waals surface area contributed by atoms with Gasteiger partial charge in [-0.25, -0.2) is 4.98 Å². The van der Waals surface area contributed by atoms with Gasteiger partial charge in [-0.05, 0) is 33.2 Å². The third-order valence-corrected chi connectivity index (χ3v) is 4.17. The molecule has 6 heteroatoms. The lowest BCUT2D eigenvalue weighted by molar-refractivity contribution is 0.172. The highest BCUT2D eigenvalue weighted by Crippen LogP contribution is 2.15. The third kappa shape index (κ3) is 3.43. The van der Waals surface area contributed by atoms with Gasteiger partial charge in [0.15, 0.2) is 0 Å². The van der Waals surface area contributed by atoms with E-state index < -0.39 is 0 Å². The van der Waals surface area contributed by atoms with Crippen molar-refractivity contribution in [1.82, 2.24) is 20.1 Å². The molecule has 0 radical (unpaired) electrons. The Bertz CT molecular complexity index is 428. The van der Waals surface area contributed by atoms with E-state index in [1.807, 2.05) is 13.8 Å². The smallest absolute Gasteiger partial charge is 0.245 e. The van der Waals surface area contributed by atoms with E-state index in [0.717, 1.165) is 56.5 Å². The fourth-order valence-corrected chi connectivity index (χ4v) is 2.70. The molecule has 1 atom stereocenters. The highest BCUT2D eigenvalue weighted by Gasteiger charge is 2.23. The molecular formula is C14H26N6. The topological polar surface area (TPSA) is 71.2 Å². The highest BCUT2D eigenvalue weighted by atomic mass is 15.4. The lowest BCUT2D eigenvalue weighted by atomic mass is 10.1. The molecule has 2 N–H and O–H groups in total. The average Bonchev–Trinajstić information content (AvgIpc) is 2.48. The zero-order chi connectivity index (χ0) is 14.5. The minimum atomic E-state index is 0.612. The van der Waals surface area contributed by atoms with Crippen LogP contribution in [0.15, 0.2) is 0 Å². The number of hydrogen-bond donors (Lipinski definition) is 1. The predicted octanol–water partition coefficient (Wildman–Crippen LogP) is 0.738. The van der Waals surface area contributed by atoms with Crippen molar-refractivity contribution in [2.75, 3.05) is 37.6 Å². The first-order valence-corrected chi connectivity index (χ1v) is 7.52. The van der Waals surface area contributed by atoms with E-state index in [0.29, 0.717) is 6.04 Å². The Morgan fingerprint density at radius 2 is 1.80 bits per heavy atom. The summed E-state index contributed by atoms with van der Waals surface area (Å²) in [4.78, 5) is 9.30. The molecule has 0 spiro atoms. The summed E-state index contributed by atoms with van der Waals surface area (Å²) in [5, 5.41) is 8.38. The van der Waals surface area contributed by atoms with Gasteiger partial charge in [-0.15, -0.1) is 5.10 Å². The maximum absolute atomic E-state index is 5.70. The van der Waals surface area contributed by atoms with Crippen molar-refractivity contribution < 1.29 is 0 Å². The summed E-state index contributed by atoms with van der Waals surface area (Å²) in [6.45, 7) is 11.0. The Hall–Kier alpha value is -1.27. The summed E-state index contributed by atoms with van der Waals surface area (Å²) in [5.41, 5.74) is 7.56. The fourth-order valence-electron chi connectivity index (χ4n) is 2.70. The second-order valence-corrected chi connectivity index (χ2v) is 5.45. The number of aromatic nitrogens is 3. The summed E-state index contributed by atoms with van der Waals surface area (Å²) in [6, 6.07) is 0.612. The zero-order valence-corrected chi connectivity index (χ0v) is 12.8. The van der Waals surface area contributed by atoms with Crippen LogP contribution in [0.3, 0.4) is 0 Å². The normalized spacial score (nSPS) is 18.3. The van der Waals surface area contributed by atoms with E-state index in [-0.39, 0.29) is 0 Å². The Labute approximate surface area is 121 Å². The van der Waals surface area contributed by atoms with Crippen LogP contribution in [0, 0.1) is 13.8 Å². The summed E-state index contributed by atoms with van der Waals surface area (Å²) < 4.78 is 0. The molecule has 6 nitrogen and oxygen atoms in total. The van der Waals surface area contributed by atoms with Crippen LogP contribution in [-0.4, -0.2) is 58.8 Å². The number of anilines is 1. The standard InChI is InChI=1S/C14H26N6/c1-4-13(5-6-15)19-7-9-20(10-8-19)14-16-11(2)12(3)17-18-14/h13H,4-10,15H2,1-3H3. The summed E-state index contributed by atoms with van der Waals surface area (Å²) in [5.74, 6) is 0.764. The SMILES string of the molecule is CCC(CCN)N1CCN(c2nnc(C)c(C)n2)CC1. The number of piperazine rings is 1. The van der Waals surface area contributed by atoms with Crippen molar-refractivity contribution in [3.05, 3.63) is 11.4 Å². The number of nitrogens with zero attached hydrogens (tertiary/aromatic N) is 5. The van der Waals surface area contributed by atoms with Gasteiger partial charge in [0, 0.05) is 32.2 Å². The molecule has 1 fully saturated rings. The Morgan fingerprint density at radius 3 is 2.35 bits per heavy atom. The van der Waals surface area contributed by atoms with Gasteiger partial charge < -0.3 is 10.6 Å². The van der Waals surface area contributed by atoms with Gasteiger partial charge in [0.1, 0.15) is 0 Å². The number of rotatable bonds is 5. The van der Waals surface area contributed by atoms with Crippen molar-refractivity contribution >= 4 is 5.95 Å². The van der Waals surface area contributed by atoms with Crippen molar-refractivity contribution in [3.63, 3.8) is 0 Å². The maximum Gasteiger partial charge on any atom is 0.245 e. The van der Waals surface area contributed by atoms with Gasteiger partial charge in [0.2, 0.25) is 5.95 Å². The molecule has 0 saturated carbocycles. The fraction of sp³-hybridized carbons (Fsp3) is 0.786. The van der Waals surface area contributed by atoms with Gasteiger partial charge in [0.05, 0.1) is 11.4 Å². The van der Waals surface area contributed by atoms with E-state index in [1.165, 1.54) is 6.42 Å². The van der Waals surface area contributed by atoms with Crippen LogP contribution in [0.25, 0.3) is 0 Å². The molecule has 0 aromatic carbocycles. The first-order chi connectivity index (χ1) is 9.65. The summed E-state index contributed by atoms with van der Waals surface area (Å²) in [7, 11) is 0. The molecule has 0 bridgehead atoms. The van der Waals surface area contributed by atoms with E-state index >= 15 is 0 Å². The molecule has 1 saturated heterocycles. The molecule has 0 amide bonds. The molecule has 0 aliphatic carbocycles. The molecule has 1 aromatic heterocycles. The minimum absolute atomic E-state index is 0.612. The lowest BCUT2D eigenvalue weighted by Crippen LogP contribution is -2.51. The molecule has 20 heavy (non-hydrogen) atoms. The van der Waals surface area contributed by atoms with E-state index in [1.54, 1.807) is 0 Å².